The highest BCUT2D eigenvalue weighted by molar-refractivity contribution is 6.32. The van der Waals surface area contributed by atoms with E-state index in [-0.39, 0.29) is 24.2 Å². The molecule has 3 unspecified atom stereocenters. The number of aliphatic hydroxyl groups is 1. The minimum atomic E-state index is -2.70. The smallest absolute Gasteiger partial charge is 0.190 e. The Bertz CT molecular complexity index is 1760. The maximum absolute atomic E-state index is 14.5. The van der Waals surface area contributed by atoms with Crippen molar-refractivity contribution < 1.29 is 38.9 Å². The Balaban J connectivity index is 1.35. The Morgan fingerprint density at radius 3 is 2.18 bits per heavy atom. The van der Waals surface area contributed by atoms with E-state index in [9.17, 15) is 34.2 Å². The third kappa shape index (κ3) is 5.16. The minimum Gasteiger partial charge on any atom is -0.507 e. The average Bonchev–Trinajstić information content (AvgIpc) is 3.03. The number of methoxy groups -OCH3 is 1. The summed E-state index contributed by atoms with van der Waals surface area (Å²) < 4.78 is 5.36. The van der Waals surface area contributed by atoms with Crippen molar-refractivity contribution in [1.82, 2.24) is 0 Å². The van der Waals surface area contributed by atoms with E-state index in [1.54, 1.807) is 40.9 Å². The molecule has 0 saturated heterocycles. The third-order valence-electron chi connectivity index (χ3n) is 12.6. The SMILES string of the molecule is C=C(OC)C1CCC(Cc2ccc(-c3ccc(O)c4c3C[C@]3(C)C[C@]5(C)C(C(C)C)C(=O)C(C(C)=O)C(=O)[C@]5(O)C(=O)C3C4=O)cc2)CC1. The standard InChI is InChI=1S/C41H48O8/c1-21(2)33-35(44)31(22(3)42)37(46)41(48)38(47)34-36(45)32-29(19-39(34,5)20-40(33,41)6)28(16-17-30(32)43)27-14-10-25(11-15-27)18-24-8-12-26(13-9-24)23(4)49-7/h10-11,14-17,21,24,26,31,33-34,43,48H,4,8-9,12-13,18-20H2,1-3,5-7H3/t24?,26?,31?,33?,34?,39-,40-,41+/m1/s1. The molecular formula is C41H48O8. The van der Waals surface area contributed by atoms with Crippen molar-refractivity contribution in [1.29, 1.82) is 0 Å². The molecule has 0 bridgehead atoms. The molecule has 6 atom stereocenters. The van der Waals surface area contributed by atoms with Gasteiger partial charge in [-0.2, -0.15) is 0 Å². The van der Waals surface area contributed by atoms with E-state index >= 15 is 0 Å². The normalized spacial score (nSPS) is 34.2. The minimum absolute atomic E-state index is 0.0156. The predicted octanol–water partition coefficient (Wildman–Crippen LogP) is 6.27. The number of benzene rings is 2. The van der Waals surface area contributed by atoms with Gasteiger partial charge in [0.25, 0.3) is 0 Å². The van der Waals surface area contributed by atoms with Crippen molar-refractivity contribution in [3.8, 4) is 16.9 Å². The highest BCUT2D eigenvalue weighted by Crippen LogP contribution is 2.64. The molecule has 3 fully saturated rings. The number of fused-ring (bicyclic) bond motifs is 3. The molecule has 3 saturated carbocycles. The largest absolute Gasteiger partial charge is 0.507 e. The molecule has 0 aliphatic heterocycles. The molecule has 2 aromatic carbocycles. The maximum atomic E-state index is 14.5. The van der Waals surface area contributed by atoms with Crippen LogP contribution in [0.2, 0.25) is 0 Å². The summed E-state index contributed by atoms with van der Waals surface area (Å²) in [7, 11) is 1.68. The van der Waals surface area contributed by atoms with E-state index in [1.165, 1.54) is 11.6 Å². The van der Waals surface area contributed by atoms with Crippen LogP contribution in [0.5, 0.6) is 5.75 Å². The summed E-state index contributed by atoms with van der Waals surface area (Å²) in [6.45, 7) is 12.1. The summed E-state index contributed by atoms with van der Waals surface area (Å²) in [6.07, 6.45) is 5.55. The Labute approximate surface area is 288 Å². The molecule has 8 heteroatoms. The van der Waals surface area contributed by atoms with Crippen LogP contribution in [0.3, 0.4) is 0 Å². The fourth-order valence-corrected chi connectivity index (χ4v) is 10.4. The highest BCUT2D eigenvalue weighted by atomic mass is 16.5. The maximum Gasteiger partial charge on any atom is 0.190 e. The summed E-state index contributed by atoms with van der Waals surface area (Å²) in [4.78, 5) is 69.2. The van der Waals surface area contributed by atoms with Crippen LogP contribution in [0.1, 0.15) is 88.2 Å². The number of ketones is 5. The van der Waals surface area contributed by atoms with Gasteiger partial charge in [0.05, 0.1) is 24.4 Å². The molecule has 0 radical (unpaired) electrons. The van der Waals surface area contributed by atoms with Gasteiger partial charge in [0.15, 0.2) is 28.7 Å². The van der Waals surface area contributed by atoms with Crippen LogP contribution < -0.4 is 0 Å². The second-order valence-corrected chi connectivity index (χ2v) is 16.1. The molecule has 49 heavy (non-hydrogen) atoms. The first-order valence-corrected chi connectivity index (χ1v) is 17.6. The van der Waals surface area contributed by atoms with E-state index in [2.05, 4.69) is 18.7 Å². The number of hydrogen-bond acceptors (Lipinski definition) is 8. The molecule has 0 amide bonds. The molecule has 260 valence electrons. The van der Waals surface area contributed by atoms with Crippen molar-refractivity contribution in [3.05, 3.63) is 65.4 Å². The average molecular weight is 669 g/mol. The lowest BCUT2D eigenvalue weighted by Gasteiger charge is -2.61. The number of phenols is 1. The van der Waals surface area contributed by atoms with E-state index in [1.807, 2.05) is 12.1 Å². The molecule has 2 N–H and O–H groups in total. The number of aromatic hydroxyl groups is 1. The van der Waals surface area contributed by atoms with Crippen molar-refractivity contribution in [2.24, 2.45) is 46.3 Å². The van der Waals surface area contributed by atoms with Crippen LogP contribution in [0, 0.1) is 46.3 Å². The number of allylic oxidation sites excluding steroid dienone is 1. The molecule has 2 aromatic rings. The van der Waals surface area contributed by atoms with Gasteiger partial charge in [0.1, 0.15) is 17.5 Å². The van der Waals surface area contributed by atoms with Crippen LogP contribution >= 0.6 is 0 Å². The van der Waals surface area contributed by atoms with Crippen LogP contribution in [-0.2, 0) is 36.8 Å². The zero-order valence-electron chi connectivity index (χ0n) is 29.4. The number of rotatable bonds is 7. The molecular weight excluding hydrogens is 620 g/mol. The molecule has 6 rings (SSSR count). The van der Waals surface area contributed by atoms with E-state index in [0.29, 0.717) is 17.4 Å². The summed E-state index contributed by atoms with van der Waals surface area (Å²) in [5.74, 6) is -7.06. The second-order valence-electron chi connectivity index (χ2n) is 16.1. The van der Waals surface area contributed by atoms with Crippen molar-refractivity contribution in [2.75, 3.05) is 7.11 Å². The Morgan fingerprint density at radius 1 is 0.980 bits per heavy atom. The highest BCUT2D eigenvalue weighted by Gasteiger charge is 2.76. The Hall–Kier alpha value is -3.91. The fraction of sp³-hybridized carbons (Fsp3) is 0.537. The molecule has 0 aromatic heterocycles. The van der Waals surface area contributed by atoms with Gasteiger partial charge in [-0.3, -0.25) is 24.0 Å². The van der Waals surface area contributed by atoms with Gasteiger partial charge in [-0.1, -0.05) is 64.6 Å². The molecule has 0 heterocycles. The van der Waals surface area contributed by atoms with E-state index in [0.717, 1.165) is 55.9 Å². The monoisotopic (exact) mass is 668 g/mol. The number of Topliss-reactive ketones (excluding diaryl/α,β-unsaturated/α-hetero) is 5. The van der Waals surface area contributed by atoms with Gasteiger partial charge in [0.2, 0.25) is 0 Å². The lowest BCUT2D eigenvalue weighted by atomic mass is 9.40. The summed E-state index contributed by atoms with van der Waals surface area (Å²) in [5.41, 5.74) is -1.86. The van der Waals surface area contributed by atoms with E-state index in [4.69, 9.17) is 4.74 Å². The number of carbonyl (C=O) groups excluding carboxylic acids is 5. The van der Waals surface area contributed by atoms with Crippen LogP contribution in [0.4, 0.5) is 0 Å². The van der Waals surface area contributed by atoms with E-state index < -0.39 is 69.0 Å². The quantitative estimate of drug-likeness (QED) is 0.261. The molecule has 4 aliphatic rings. The third-order valence-corrected chi connectivity index (χ3v) is 12.6. The lowest BCUT2D eigenvalue weighted by Crippen LogP contribution is -2.76. The van der Waals surface area contributed by atoms with Crippen molar-refractivity contribution in [2.45, 2.75) is 85.2 Å². The molecule has 8 nitrogen and oxygen atoms in total. The number of ether oxygens (including phenoxy) is 1. The van der Waals surface area contributed by atoms with Gasteiger partial charge in [-0.15, -0.1) is 0 Å². The topological polar surface area (TPSA) is 135 Å². The number of hydrogen-bond donors (Lipinski definition) is 2. The lowest BCUT2D eigenvalue weighted by molar-refractivity contribution is -0.205. The first kappa shape index (κ1) is 34.9. The summed E-state index contributed by atoms with van der Waals surface area (Å²) in [5, 5.41) is 23.3. The number of carbonyl (C=O) groups is 5. The van der Waals surface area contributed by atoms with Gasteiger partial charge in [-0.25, -0.2) is 0 Å². The van der Waals surface area contributed by atoms with Gasteiger partial charge in [0, 0.05) is 17.3 Å². The predicted molar refractivity (Wildman–Crippen MR) is 184 cm³/mol. The summed E-state index contributed by atoms with van der Waals surface area (Å²) in [6, 6.07) is 11.5. The zero-order valence-corrected chi connectivity index (χ0v) is 29.4. The Kier molecular flexibility index (Phi) is 8.66. The Morgan fingerprint density at radius 2 is 1.61 bits per heavy atom. The molecule has 4 aliphatic carbocycles. The number of phenolic OH excluding ortho intramolecular Hbond substituents is 1. The second kappa shape index (κ2) is 12.1. The van der Waals surface area contributed by atoms with Crippen molar-refractivity contribution >= 4 is 28.9 Å². The van der Waals surface area contributed by atoms with Crippen LogP contribution in [-0.4, -0.2) is 51.8 Å². The molecule has 0 spiro atoms. The van der Waals surface area contributed by atoms with Crippen LogP contribution in [0.25, 0.3) is 11.1 Å². The fourth-order valence-electron chi connectivity index (χ4n) is 10.4. The van der Waals surface area contributed by atoms with Crippen molar-refractivity contribution in [3.63, 3.8) is 0 Å². The van der Waals surface area contributed by atoms with Gasteiger partial charge >= 0.3 is 0 Å². The zero-order chi connectivity index (χ0) is 35.8. The first-order chi connectivity index (χ1) is 23.0. The van der Waals surface area contributed by atoms with Gasteiger partial charge < -0.3 is 14.9 Å². The van der Waals surface area contributed by atoms with Gasteiger partial charge in [-0.05, 0) is 97.4 Å². The summed E-state index contributed by atoms with van der Waals surface area (Å²) >= 11 is 0. The van der Waals surface area contributed by atoms with Crippen LogP contribution in [0.15, 0.2) is 48.7 Å². The first-order valence-electron chi connectivity index (χ1n) is 17.6.